The molecule has 0 amide bonds. The fourth-order valence-electron chi connectivity index (χ4n) is 1.19. The van der Waals surface area contributed by atoms with Gasteiger partial charge in [-0.3, -0.25) is 4.79 Å². The lowest BCUT2D eigenvalue weighted by Crippen LogP contribution is -2.15. The molecular weight excluding hydrogens is 124 g/mol. The van der Waals surface area contributed by atoms with E-state index in [0.717, 1.165) is 0 Å². The lowest BCUT2D eigenvalue weighted by molar-refractivity contribution is -0.115. The van der Waals surface area contributed by atoms with Gasteiger partial charge in [0.2, 0.25) is 0 Å². The van der Waals surface area contributed by atoms with Gasteiger partial charge in [-0.25, -0.2) is 0 Å². The Bertz CT molecular complexity index is 179. The van der Waals surface area contributed by atoms with Crippen molar-refractivity contribution in [1.82, 2.24) is 0 Å². The molecule has 1 nitrogen and oxygen atoms in total. The van der Waals surface area contributed by atoms with Gasteiger partial charge in [-0.2, -0.15) is 0 Å². The van der Waals surface area contributed by atoms with Gasteiger partial charge in [-0.1, -0.05) is 19.1 Å². The van der Waals surface area contributed by atoms with E-state index in [0.29, 0.717) is 18.3 Å². The molecule has 10 heavy (non-hydrogen) atoms. The first-order valence-corrected chi connectivity index (χ1v) is 3.57. The summed E-state index contributed by atoms with van der Waals surface area (Å²) in [6.07, 6.45) is 6.14. The Hall–Kier alpha value is -0.850. The predicted molar refractivity (Wildman–Crippen MR) is 41.6 cm³/mol. The Morgan fingerprint density at radius 2 is 2.50 bits per heavy atom. The maximum atomic E-state index is 10.8. The van der Waals surface area contributed by atoms with E-state index in [1.165, 1.54) is 0 Å². The maximum absolute atomic E-state index is 10.8. The van der Waals surface area contributed by atoms with Crippen LogP contribution in [0, 0.1) is 11.8 Å². The molecule has 54 valence electrons. The van der Waals surface area contributed by atoms with E-state index < -0.39 is 0 Å². The molecule has 0 aromatic heterocycles. The van der Waals surface area contributed by atoms with Crippen molar-refractivity contribution in [3.05, 3.63) is 24.8 Å². The standard InChI is InChI=1S/C9H12O/c1-3-8-6-9(10)5-4-7(8)2/h3-5,7-8H,1,6H2,2H3/t7-,8-/m1/s1. The van der Waals surface area contributed by atoms with Gasteiger partial charge in [0.15, 0.2) is 5.78 Å². The quantitative estimate of drug-likeness (QED) is 0.503. The van der Waals surface area contributed by atoms with E-state index in [-0.39, 0.29) is 5.78 Å². The summed E-state index contributed by atoms with van der Waals surface area (Å²) in [5.41, 5.74) is 0. The molecule has 0 heterocycles. The van der Waals surface area contributed by atoms with Crippen LogP contribution in [0.1, 0.15) is 13.3 Å². The molecule has 0 aromatic rings. The van der Waals surface area contributed by atoms with Gasteiger partial charge >= 0.3 is 0 Å². The molecule has 1 heteroatoms. The summed E-state index contributed by atoms with van der Waals surface area (Å²) in [4.78, 5) is 10.8. The van der Waals surface area contributed by atoms with Crippen LogP contribution in [-0.4, -0.2) is 5.78 Å². The van der Waals surface area contributed by atoms with E-state index >= 15 is 0 Å². The first-order chi connectivity index (χ1) is 4.74. The van der Waals surface area contributed by atoms with Crippen LogP contribution in [-0.2, 0) is 4.79 Å². The number of ketones is 1. The number of carbonyl (C=O) groups excluding carboxylic acids is 1. The second-order valence-electron chi connectivity index (χ2n) is 2.79. The second-order valence-corrected chi connectivity index (χ2v) is 2.79. The van der Waals surface area contributed by atoms with E-state index in [4.69, 9.17) is 0 Å². The third-order valence-corrected chi connectivity index (χ3v) is 2.00. The largest absolute Gasteiger partial charge is 0.295 e. The normalized spacial score (nSPS) is 32.3. The van der Waals surface area contributed by atoms with Crippen LogP contribution < -0.4 is 0 Å². The average Bonchev–Trinajstić information content (AvgIpc) is 1.94. The highest BCUT2D eigenvalue weighted by molar-refractivity contribution is 5.90. The molecule has 0 bridgehead atoms. The van der Waals surface area contributed by atoms with Crippen molar-refractivity contribution in [2.45, 2.75) is 13.3 Å². The third-order valence-electron chi connectivity index (χ3n) is 2.00. The van der Waals surface area contributed by atoms with Crippen LogP contribution in [0.15, 0.2) is 24.8 Å². The highest BCUT2D eigenvalue weighted by Gasteiger charge is 2.18. The van der Waals surface area contributed by atoms with Crippen LogP contribution in [0.2, 0.25) is 0 Å². The van der Waals surface area contributed by atoms with Gasteiger partial charge in [-0.05, 0) is 17.9 Å². The van der Waals surface area contributed by atoms with E-state index in [9.17, 15) is 4.79 Å². The van der Waals surface area contributed by atoms with Crippen LogP contribution in [0.25, 0.3) is 0 Å². The Morgan fingerprint density at radius 3 is 3.00 bits per heavy atom. The molecule has 0 unspecified atom stereocenters. The minimum Gasteiger partial charge on any atom is -0.295 e. The Morgan fingerprint density at radius 1 is 1.80 bits per heavy atom. The summed E-state index contributed by atoms with van der Waals surface area (Å²) in [5.74, 6) is 1.07. The number of rotatable bonds is 1. The summed E-state index contributed by atoms with van der Waals surface area (Å²) in [6.45, 7) is 5.79. The van der Waals surface area contributed by atoms with Crippen LogP contribution >= 0.6 is 0 Å². The summed E-state index contributed by atoms with van der Waals surface area (Å²) >= 11 is 0. The van der Waals surface area contributed by atoms with E-state index in [1.54, 1.807) is 6.08 Å². The highest BCUT2D eigenvalue weighted by atomic mass is 16.1. The van der Waals surface area contributed by atoms with Crippen molar-refractivity contribution in [2.24, 2.45) is 11.8 Å². The maximum Gasteiger partial charge on any atom is 0.155 e. The summed E-state index contributed by atoms with van der Waals surface area (Å²) in [5, 5.41) is 0. The predicted octanol–water partition coefficient (Wildman–Crippen LogP) is 1.95. The molecule has 0 aliphatic heterocycles. The van der Waals surface area contributed by atoms with Crippen molar-refractivity contribution in [3.63, 3.8) is 0 Å². The van der Waals surface area contributed by atoms with Crippen molar-refractivity contribution in [3.8, 4) is 0 Å². The number of carbonyl (C=O) groups is 1. The molecule has 1 aliphatic rings. The fraction of sp³-hybridized carbons (Fsp3) is 0.444. The summed E-state index contributed by atoms with van der Waals surface area (Å²) in [6, 6.07) is 0. The average molecular weight is 136 g/mol. The zero-order valence-corrected chi connectivity index (χ0v) is 6.21. The van der Waals surface area contributed by atoms with Gasteiger partial charge in [-0.15, -0.1) is 6.58 Å². The van der Waals surface area contributed by atoms with Crippen molar-refractivity contribution >= 4 is 5.78 Å². The van der Waals surface area contributed by atoms with Crippen LogP contribution in [0.3, 0.4) is 0 Å². The van der Waals surface area contributed by atoms with E-state index in [2.05, 4.69) is 13.5 Å². The first-order valence-electron chi connectivity index (χ1n) is 3.57. The number of hydrogen-bond donors (Lipinski definition) is 0. The van der Waals surface area contributed by atoms with E-state index in [1.807, 2.05) is 12.2 Å². The molecule has 0 N–H and O–H groups in total. The molecule has 0 saturated carbocycles. The Labute approximate surface area is 61.4 Å². The van der Waals surface area contributed by atoms with Gasteiger partial charge in [0.05, 0.1) is 0 Å². The number of allylic oxidation sites excluding steroid dienone is 3. The lowest BCUT2D eigenvalue weighted by atomic mass is 9.85. The molecule has 0 spiro atoms. The van der Waals surface area contributed by atoms with Crippen LogP contribution in [0.4, 0.5) is 0 Å². The zero-order valence-electron chi connectivity index (χ0n) is 6.21. The van der Waals surface area contributed by atoms with Crippen LogP contribution in [0.5, 0.6) is 0 Å². The molecule has 0 fully saturated rings. The van der Waals surface area contributed by atoms with Crippen molar-refractivity contribution < 1.29 is 4.79 Å². The summed E-state index contributed by atoms with van der Waals surface area (Å²) in [7, 11) is 0. The Balaban J connectivity index is 2.70. The molecule has 0 aromatic carbocycles. The number of hydrogen-bond acceptors (Lipinski definition) is 1. The molecule has 0 radical (unpaired) electrons. The smallest absolute Gasteiger partial charge is 0.155 e. The molecule has 0 saturated heterocycles. The van der Waals surface area contributed by atoms with Crippen molar-refractivity contribution in [2.75, 3.05) is 0 Å². The minimum absolute atomic E-state index is 0.225. The third kappa shape index (κ3) is 1.35. The second kappa shape index (κ2) is 2.82. The molecular formula is C9H12O. The lowest BCUT2D eigenvalue weighted by Gasteiger charge is -2.19. The topological polar surface area (TPSA) is 17.1 Å². The van der Waals surface area contributed by atoms with Crippen molar-refractivity contribution in [1.29, 1.82) is 0 Å². The highest BCUT2D eigenvalue weighted by Crippen LogP contribution is 2.22. The Kier molecular flexibility index (Phi) is 2.05. The molecule has 1 aliphatic carbocycles. The molecule has 2 atom stereocenters. The van der Waals surface area contributed by atoms with Gasteiger partial charge in [0.25, 0.3) is 0 Å². The van der Waals surface area contributed by atoms with Gasteiger partial charge < -0.3 is 0 Å². The minimum atomic E-state index is 0.225. The fourth-order valence-corrected chi connectivity index (χ4v) is 1.19. The zero-order chi connectivity index (χ0) is 7.56. The molecule has 1 rings (SSSR count). The monoisotopic (exact) mass is 136 g/mol. The van der Waals surface area contributed by atoms with Gasteiger partial charge in [0.1, 0.15) is 0 Å². The SMILES string of the molecule is C=C[C@@H]1CC(=O)C=C[C@H]1C. The van der Waals surface area contributed by atoms with Gasteiger partial charge in [0, 0.05) is 6.42 Å². The summed E-state index contributed by atoms with van der Waals surface area (Å²) < 4.78 is 0. The first kappa shape index (κ1) is 7.26.